The van der Waals surface area contributed by atoms with Crippen LogP contribution in [0.3, 0.4) is 0 Å². The van der Waals surface area contributed by atoms with E-state index in [4.69, 9.17) is 4.98 Å². The Morgan fingerprint density at radius 2 is 1.81 bits per heavy atom. The number of rotatable bonds is 6. The summed E-state index contributed by atoms with van der Waals surface area (Å²) in [6.07, 6.45) is 2.57. The van der Waals surface area contributed by atoms with Crippen molar-refractivity contribution in [1.29, 1.82) is 0 Å². The average molecular weight is 538 g/mol. The van der Waals surface area contributed by atoms with Crippen molar-refractivity contribution in [3.8, 4) is 0 Å². The molecule has 0 saturated carbocycles. The molecule has 0 aliphatic carbocycles. The van der Waals surface area contributed by atoms with Crippen molar-refractivity contribution in [3.63, 3.8) is 0 Å². The lowest BCUT2D eigenvalue weighted by Gasteiger charge is -2.46. The lowest BCUT2D eigenvalue weighted by atomic mass is 9.79. The largest absolute Gasteiger partial charge is 0.357 e. The molecular formula is C28H29ClFN5OS. The Balaban J connectivity index is 0.00000280. The predicted octanol–water partition coefficient (Wildman–Crippen LogP) is 6.01. The number of amides is 2. The van der Waals surface area contributed by atoms with Crippen molar-refractivity contribution in [2.24, 2.45) is 0 Å². The zero-order valence-electron chi connectivity index (χ0n) is 20.2. The zero-order valence-corrected chi connectivity index (χ0v) is 21.9. The smallest absolute Gasteiger partial charge is 0.319 e. The molecule has 6 rings (SSSR count). The number of thiazole rings is 1. The number of likely N-dealkylation sites (tertiary alicyclic amines) is 1. The van der Waals surface area contributed by atoms with Crippen molar-refractivity contribution >= 4 is 50.8 Å². The maximum Gasteiger partial charge on any atom is 0.319 e. The van der Waals surface area contributed by atoms with E-state index in [1.54, 1.807) is 12.1 Å². The first-order valence-electron chi connectivity index (χ1n) is 12.3. The first-order chi connectivity index (χ1) is 17.6. The number of carbonyl (C=O) groups excluding carboxylic acids is 1. The van der Waals surface area contributed by atoms with Crippen molar-refractivity contribution in [2.45, 2.75) is 30.8 Å². The Bertz CT molecular complexity index is 1390. The first-order valence-corrected chi connectivity index (χ1v) is 13.2. The predicted molar refractivity (Wildman–Crippen MR) is 150 cm³/mol. The molecule has 2 aliphatic rings. The van der Waals surface area contributed by atoms with Crippen LogP contribution in [0.5, 0.6) is 0 Å². The van der Waals surface area contributed by atoms with Crippen LogP contribution in [0.1, 0.15) is 24.0 Å². The summed E-state index contributed by atoms with van der Waals surface area (Å²) >= 11 is 1.49. The van der Waals surface area contributed by atoms with E-state index in [-0.39, 0.29) is 35.8 Å². The Labute approximate surface area is 225 Å². The van der Waals surface area contributed by atoms with Crippen LogP contribution >= 0.6 is 23.7 Å². The van der Waals surface area contributed by atoms with E-state index in [1.165, 1.54) is 28.5 Å². The minimum atomic E-state index is -0.325. The summed E-state index contributed by atoms with van der Waals surface area (Å²) in [4.78, 5) is 19.6. The number of anilines is 2. The molecule has 0 unspecified atom stereocenters. The molecule has 2 amide bonds. The maximum atomic E-state index is 13.7. The van der Waals surface area contributed by atoms with Crippen molar-refractivity contribution in [2.75, 3.05) is 30.3 Å². The highest BCUT2D eigenvalue weighted by atomic mass is 35.5. The van der Waals surface area contributed by atoms with Gasteiger partial charge in [-0.1, -0.05) is 59.9 Å². The number of nitrogens with one attached hydrogen (secondary N) is 3. The Morgan fingerprint density at radius 1 is 1.05 bits per heavy atom. The number of fused-ring (bicyclic) bond motifs is 3. The number of aromatic nitrogens is 1. The molecule has 1 spiro atoms. The van der Waals surface area contributed by atoms with Gasteiger partial charge >= 0.3 is 6.03 Å². The fraction of sp³-hybridized carbons (Fsp3) is 0.286. The van der Waals surface area contributed by atoms with Crippen molar-refractivity contribution in [1.82, 2.24) is 15.2 Å². The number of piperidine rings is 1. The summed E-state index contributed by atoms with van der Waals surface area (Å²) < 4.78 is 14.5. The lowest BCUT2D eigenvalue weighted by molar-refractivity contribution is 0.133. The number of urea groups is 1. The Hall–Kier alpha value is -3.20. The molecule has 9 heteroatoms. The maximum absolute atomic E-state index is 13.7. The molecule has 0 bridgehead atoms. The minimum Gasteiger partial charge on any atom is -0.357 e. The third kappa shape index (κ3) is 5.42. The van der Waals surface area contributed by atoms with Gasteiger partial charge in [-0.05, 0) is 49.1 Å². The quantitative estimate of drug-likeness (QED) is 0.282. The summed E-state index contributed by atoms with van der Waals surface area (Å²) in [7, 11) is 0. The van der Waals surface area contributed by atoms with Gasteiger partial charge in [0.1, 0.15) is 5.82 Å². The van der Waals surface area contributed by atoms with Gasteiger partial charge in [-0.25, -0.2) is 14.2 Å². The standard InChI is InChI=1S/C28H28FN5OS.ClH/c29-20-10-11-24-25(17-20)36-27(32-24)30-21(16-19-6-2-1-3-7-19)18-34-14-12-28(13-15-34)22-8-4-5-9-23(22)31-26(35)33-28;/h1-11,17,21H,12-16,18H2,(H,30,32)(H2,31,33,35);1H/t21-;/m0./s1. The van der Waals surface area contributed by atoms with E-state index in [0.717, 1.165) is 59.9 Å². The third-order valence-corrected chi connectivity index (χ3v) is 8.18. The summed E-state index contributed by atoms with van der Waals surface area (Å²) in [5.74, 6) is -0.243. The molecule has 1 atom stereocenters. The van der Waals surface area contributed by atoms with Crippen molar-refractivity contribution < 1.29 is 9.18 Å². The second-order valence-electron chi connectivity index (χ2n) is 9.67. The molecule has 1 aromatic heterocycles. The van der Waals surface area contributed by atoms with Crippen LogP contribution in [0.25, 0.3) is 10.2 Å². The van der Waals surface area contributed by atoms with Crippen LogP contribution < -0.4 is 16.0 Å². The number of hydrogen-bond acceptors (Lipinski definition) is 5. The Kier molecular flexibility index (Phi) is 7.33. The van der Waals surface area contributed by atoms with Crippen LogP contribution in [0.4, 0.5) is 20.0 Å². The Morgan fingerprint density at radius 3 is 2.62 bits per heavy atom. The molecule has 37 heavy (non-hydrogen) atoms. The molecule has 0 radical (unpaired) electrons. The van der Waals surface area contributed by atoms with Crippen LogP contribution in [0, 0.1) is 5.82 Å². The van der Waals surface area contributed by atoms with E-state index in [1.807, 2.05) is 24.3 Å². The van der Waals surface area contributed by atoms with E-state index >= 15 is 0 Å². The molecular weight excluding hydrogens is 509 g/mol. The van der Waals surface area contributed by atoms with Crippen LogP contribution in [0.15, 0.2) is 72.8 Å². The van der Waals surface area contributed by atoms with Crippen LogP contribution in [0.2, 0.25) is 0 Å². The number of benzene rings is 3. The lowest BCUT2D eigenvalue weighted by Crippen LogP contribution is -2.57. The molecule has 1 saturated heterocycles. The number of para-hydroxylation sites is 1. The average Bonchev–Trinajstić information content (AvgIpc) is 3.27. The van der Waals surface area contributed by atoms with Gasteiger partial charge in [0.05, 0.1) is 15.8 Å². The van der Waals surface area contributed by atoms with Gasteiger partial charge in [-0.15, -0.1) is 12.4 Å². The molecule has 1 fully saturated rings. The number of nitrogens with zero attached hydrogens (tertiary/aromatic N) is 2. The molecule has 3 heterocycles. The fourth-order valence-corrected chi connectivity index (χ4v) is 6.43. The summed E-state index contributed by atoms with van der Waals surface area (Å²) in [5, 5.41) is 10.6. The molecule has 192 valence electrons. The number of halogens is 2. The van der Waals surface area contributed by atoms with Gasteiger partial charge in [-0.2, -0.15) is 0 Å². The second kappa shape index (κ2) is 10.7. The molecule has 3 N–H and O–H groups in total. The van der Waals surface area contributed by atoms with Gasteiger partial charge in [-0.3, -0.25) is 0 Å². The summed E-state index contributed by atoms with van der Waals surface area (Å²) in [6.45, 7) is 2.61. The van der Waals surface area contributed by atoms with Gasteiger partial charge < -0.3 is 20.9 Å². The van der Waals surface area contributed by atoms with E-state index in [9.17, 15) is 9.18 Å². The molecule has 3 aromatic carbocycles. The van der Waals surface area contributed by atoms with Crippen LogP contribution in [-0.2, 0) is 12.0 Å². The van der Waals surface area contributed by atoms with Crippen molar-refractivity contribution in [3.05, 3.63) is 89.7 Å². The SMILES string of the molecule is Cl.O=C1Nc2ccccc2C2(CCN(C[C@H](Cc3ccccc3)Nc3nc4ccc(F)cc4s3)CC2)N1. The second-order valence-corrected chi connectivity index (χ2v) is 10.7. The van der Waals surface area contributed by atoms with Gasteiger partial charge in [0.25, 0.3) is 0 Å². The van der Waals surface area contributed by atoms with E-state index in [2.05, 4.69) is 51.2 Å². The van der Waals surface area contributed by atoms with Crippen LogP contribution in [-0.4, -0.2) is 41.6 Å². The summed E-state index contributed by atoms with van der Waals surface area (Å²) in [6, 6.07) is 23.3. The summed E-state index contributed by atoms with van der Waals surface area (Å²) in [5.41, 5.74) is 3.82. The number of hydrogen-bond donors (Lipinski definition) is 3. The van der Waals surface area contributed by atoms with Gasteiger partial charge in [0, 0.05) is 36.9 Å². The third-order valence-electron chi connectivity index (χ3n) is 7.23. The monoisotopic (exact) mass is 537 g/mol. The minimum absolute atomic E-state index is 0. The highest BCUT2D eigenvalue weighted by Crippen LogP contribution is 2.39. The first kappa shape index (κ1) is 25.4. The van der Waals surface area contributed by atoms with Gasteiger partial charge in [0.15, 0.2) is 5.13 Å². The fourth-order valence-electron chi connectivity index (χ4n) is 5.47. The molecule has 6 nitrogen and oxygen atoms in total. The van der Waals surface area contributed by atoms with E-state index < -0.39 is 0 Å². The topological polar surface area (TPSA) is 69.3 Å². The normalized spacial score (nSPS) is 17.4. The van der Waals surface area contributed by atoms with E-state index in [0.29, 0.717) is 0 Å². The molecule has 4 aromatic rings. The zero-order chi connectivity index (χ0) is 24.5. The highest BCUT2D eigenvalue weighted by Gasteiger charge is 2.42. The number of carbonyl (C=O) groups is 1. The van der Waals surface area contributed by atoms with Gasteiger partial charge in [0.2, 0.25) is 0 Å². The highest BCUT2D eigenvalue weighted by molar-refractivity contribution is 7.22. The molecule has 2 aliphatic heterocycles.